The lowest BCUT2D eigenvalue weighted by atomic mass is 9.99. The van der Waals surface area contributed by atoms with Crippen LogP contribution in [0.25, 0.3) is 0 Å². The Hall–Kier alpha value is -0.763. The number of rotatable bonds is 4. The molecule has 1 aromatic carbocycles. The summed E-state index contributed by atoms with van der Waals surface area (Å²) in [5.41, 5.74) is 1.95. The number of amides is 1. The van der Waals surface area contributed by atoms with Crippen LogP contribution in [0.5, 0.6) is 0 Å². The molecule has 0 spiro atoms. The highest BCUT2D eigenvalue weighted by atomic mass is 79.9. The lowest BCUT2D eigenvalue weighted by Crippen LogP contribution is -2.47. The Balaban J connectivity index is 1.85. The van der Waals surface area contributed by atoms with E-state index in [1.54, 1.807) is 0 Å². The van der Waals surface area contributed by atoms with Crippen molar-refractivity contribution in [3.63, 3.8) is 0 Å². The van der Waals surface area contributed by atoms with Crippen LogP contribution in [-0.2, 0) is 15.6 Å². The Labute approximate surface area is 214 Å². The molecule has 1 unspecified atom stereocenters. The van der Waals surface area contributed by atoms with Crippen molar-refractivity contribution in [2.45, 2.75) is 96.6 Å². The smallest absolute Gasteiger partial charge is 0.410 e. The summed E-state index contributed by atoms with van der Waals surface area (Å²) in [6, 6.07) is 4.25. The van der Waals surface area contributed by atoms with Gasteiger partial charge in [-0.2, -0.15) is 0 Å². The van der Waals surface area contributed by atoms with Gasteiger partial charge in [-0.25, -0.2) is 4.79 Å². The molecule has 1 amide bonds. The van der Waals surface area contributed by atoms with Gasteiger partial charge in [0, 0.05) is 28.6 Å². The van der Waals surface area contributed by atoms with Crippen molar-refractivity contribution in [2.75, 3.05) is 24.6 Å². The third-order valence-corrected chi connectivity index (χ3v) is 12.5. The number of likely N-dealkylation sites (tertiary alicyclic amines) is 1. The lowest BCUT2D eigenvalue weighted by Gasteiger charge is -2.38. The van der Waals surface area contributed by atoms with Crippen molar-refractivity contribution >= 4 is 47.6 Å². The fourth-order valence-electron chi connectivity index (χ4n) is 4.39. The first-order valence-corrected chi connectivity index (χ1v) is 16.0. The van der Waals surface area contributed by atoms with E-state index in [0.717, 1.165) is 35.3 Å². The SMILES string of the molecule is CC(C)(C)OC(=O)N1CC(N2CCCc3cc(Cl)cc(Br)c32)C[C@@H]1CO[Si](C)(C)C(C)(C)C. The van der Waals surface area contributed by atoms with Crippen molar-refractivity contribution in [2.24, 2.45) is 0 Å². The van der Waals surface area contributed by atoms with Crippen molar-refractivity contribution in [3.05, 3.63) is 27.2 Å². The highest BCUT2D eigenvalue weighted by Crippen LogP contribution is 2.41. The Bertz CT molecular complexity index is 882. The number of halogens is 2. The minimum atomic E-state index is -1.93. The molecule has 2 heterocycles. The van der Waals surface area contributed by atoms with Gasteiger partial charge in [-0.05, 0) is 91.8 Å². The Morgan fingerprint density at radius 2 is 1.88 bits per heavy atom. The summed E-state index contributed by atoms with van der Waals surface area (Å²) in [5, 5.41) is 0.877. The molecule has 2 aliphatic rings. The van der Waals surface area contributed by atoms with E-state index in [1.807, 2.05) is 31.7 Å². The third-order valence-electron chi connectivity index (χ3n) is 7.14. The van der Waals surface area contributed by atoms with Gasteiger partial charge in [-0.3, -0.25) is 0 Å². The molecule has 2 aliphatic heterocycles. The second-order valence-corrected chi connectivity index (χ2v) is 18.0. The van der Waals surface area contributed by atoms with E-state index in [0.29, 0.717) is 13.2 Å². The highest BCUT2D eigenvalue weighted by molar-refractivity contribution is 9.10. The molecule has 8 heteroatoms. The van der Waals surface area contributed by atoms with Gasteiger partial charge in [0.15, 0.2) is 8.32 Å². The molecule has 33 heavy (non-hydrogen) atoms. The number of ether oxygens (including phenoxy) is 1. The molecular formula is C25H40BrClN2O3Si. The fraction of sp³-hybridized carbons (Fsp3) is 0.720. The molecule has 0 saturated carbocycles. The zero-order valence-corrected chi connectivity index (χ0v) is 24.8. The summed E-state index contributed by atoms with van der Waals surface area (Å²) in [7, 11) is -1.93. The van der Waals surface area contributed by atoms with Crippen LogP contribution < -0.4 is 4.90 Å². The van der Waals surface area contributed by atoms with Gasteiger partial charge in [0.05, 0.1) is 18.3 Å². The first kappa shape index (κ1) is 26.8. The number of benzene rings is 1. The van der Waals surface area contributed by atoms with E-state index < -0.39 is 13.9 Å². The van der Waals surface area contributed by atoms with E-state index in [1.165, 1.54) is 11.3 Å². The fourth-order valence-corrected chi connectivity index (χ4v) is 6.53. The number of hydrogen-bond acceptors (Lipinski definition) is 4. The summed E-state index contributed by atoms with van der Waals surface area (Å²) in [4.78, 5) is 17.6. The van der Waals surface area contributed by atoms with Crippen LogP contribution in [-0.4, -0.2) is 56.7 Å². The molecule has 1 aromatic rings. The molecule has 1 saturated heterocycles. The Morgan fingerprint density at radius 1 is 1.21 bits per heavy atom. The van der Waals surface area contributed by atoms with Gasteiger partial charge < -0.3 is 19.0 Å². The Morgan fingerprint density at radius 3 is 2.48 bits per heavy atom. The normalized spacial score (nSPS) is 21.9. The van der Waals surface area contributed by atoms with Gasteiger partial charge in [0.25, 0.3) is 0 Å². The molecule has 0 bridgehead atoms. The third kappa shape index (κ3) is 6.27. The first-order chi connectivity index (χ1) is 15.1. The second-order valence-electron chi connectivity index (χ2n) is 11.9. The number of fused-ring (bicyclic) bond motifs is 1. The van der Waals surface area contributed by atoms with Crippen molar-refractivity contribution in [3.8, 4) is 0 Å². The maximum atomic E-state index is 13.2. The van der Waals surface area contributed by atoms with Crippen LogP contribution in [0, 0.1) is 0 Å². The zero-order chi connectivity index (χ0) is 24.8. The number of anilines is 1. The summed E-state index contributed by atoms with van der Waals surface area (Å²) >= 11 is 10.1. The summed E-state index contributed by atoms with van der Waals surface area (Å²) < 4.78 is 13.4. The molecule has 3 rings (SSSR count). The van der Waals surface area contributed by atoms with Gasteiger partial charge in [0.2, 0.25) is 0 Å². The van der Waals surface area contributed by atoms with Crippen molar-refractivity contribution < 1.29 is 14.0 Å². The van der Waals surface area contributed by atoms with Crippen molar-refractivity contribution in [1.29, 1.82) is 0 Å². The predicted molar refractivity (Wildman–Crippen MR) is 143 cm³/mol. The molecule has 0 radical (unpaired) electrons. The van der Waals surface area contributed by atoms with Crippen LogP contribution >= 0.6 is 27.5 Å². The van der Waals surface area contributed by atoms with Gasteiger partial charge in [-0.15, -0.1) is 0 Å². The summed E-state index contributed by atoms with van der Waals surface area (Å²) in [6.45, 7) is 19.2. The minimum absolute atomic E-state index is 0.00423. The van der Waals surface area contributed by atoms with E-state index in [2.05, 4.69) is 60.8 Å². The van der Waals surface area contributed by atoms with Gasteiger partial charge in [-0.1, -0.05) is 32.4 Å². The van der Waals surface area contributed by atoms with E-state index in [-0.39, 0.29) is 23.2 Å². The molecule has 186 valence electrons. The highest BCUT2D eigenvalue weighted by Gasteiger charge is 2.44. The van der Waals surface area contributed by atoms with Crippen LogP contribution in [0.4, 0.5) is 10.5 Å². The minimum Gasteiger partial charge on any atom is -0.444 e. The quantitative estimate of drug-likeness (QED) is 0.364. The number of aryl methyl sites for hydroxylation is 1. The molecule has 1 fully saturated rings. The van der Waals surface area contributed by atoms with E-state index in [4.69, 9.17) is 20.8 Å². The zero-order valence-electron chi connectivity index (χ0n) is 21.4. The number of carbonyl (C=O) groups is 1. The molecular weight excluding hydrogens is 520 g/mol. The molecule has 5 nitrogen and oxygen atoms in total. The van der Waals surface area contributed by atoms with Gasteiger partial charge in [0.1, 0.15) is 5.60 Å². The van der Waals surface area contributed by atoms with Gasteiger partial charge >= 0.3 is 6.09 Å². The van der Waals surface area contributed by atoms with Crippen LogP contribution in [0.1, 0.15) is 59.9 Å². The standard InChI is InChI=1S/C25H40BrClN2O3Si/c1-24(2,3)32-23(30)29-15-19(14-20(29)16-31-33(7,8)25(4,5)6)28-11-9-10-17-12-18(27)13-21(26)22(17)28/h12-13,19-20H,9-11,14-16H2,1-8H3/t19?,20-/m1/s1. The lowest BCUT2D eigenvalue weighted by molar-refractivity contribution is 0.0180. The monoisotopic (exact) mass is 558 g/mol. The van der Waals surface area contributed by atoms with Crippen molar-refractivity contribution in [1.82, 2.24) is 4.90 Å². The molecule has 2 atom stereocenters. The molecule has 0 aromatic heterocycles. The average Bonchev–Trinajstić information content (AvgIpc) is 3.08. The first-order valence-electron chi connectivity index (χ1n) is 12.0. The summed E-state index contributed by atoms with van der Waals surface area (Å²) in [5.74, 6) is 0. The van der Waals surface area contributed by atoms with E-state index in [9.17, 15) is 4.79 Å². The molecule has 0 aliphatic carbocycles. The Kier molecular flexibility index (Phi) is 7.89. The average molecular weight is 560 g/mol. The number of nitrogens with zero attached hydrogens (tertiary/aromatic N) is 2. The number of carbonyl (C=O) groups excluding carboxylic acids is 1. The number of hydrogen-bond donors (Lipinski definition) is 0. The summed E-state index contributed by atoms with van der Waals surface area (Å²) in [6.07, 6.45) is 2.71. The second kappa shape index (κ2) is 9.71. The van der Waals surface area contributed by atoms with E-state index >= 15 is 0 Å². The maximum Gasteiger partial charge on any atom is 0.410 e. The largest absolute Gasteiger partial charge is 0.444 e. The van der Waals surface area contributed by atoms with Crippen LogP contribution in [0.15, 0.2) is 16.6 Å². The van der Waals surface area contributed by atoms with Crippen LogP contribution in [0.3, 0.4) is 0 Å². The van der Waals surface area contributed by atoms with Crippen LogP contribution in [0.2, 0.25) is 23.2 Å². The predicted octanol–water partition coefficient (Wildman–Crippen LogP) is 7.25. The topological polar surface area (TPSA) is 42.0 Å². The molecule has 0 N–H and O–H groups in total. The maximum absolute atomic E-state index is 13.2.